The Labute approximate surface area is 163 Å². The second kappa shape index (κ2) is 9.41. The van der Waals surface area contributed by atoms with Crippen LogP contribution in [0.15, 0.2) is 30.6 Å². The SMILES string of the molecule is Cc1cccc(C(=O)N[C@@H]2C[C@@H](C(=O)NCCCn3ccnn3)CC[C@H]2O)n1. The van der Waals surface area contributed by atoms with Crippen molar-refractivity contribution in [2.45, 2.75) is 51.3 Å². The van der Waals surface area contributed by atoms with Crippen molar-refractivity contribution in [2.75, 3.05) is 6.54 Å². The largest absolute Gasteiger partial charge is 0.391 e. The van der Waals surface area contributed by atoms with E-state index in [0.717, 1.165) is 12.1 Å². The first-order chi connectivity index (χ1) is 13.5. The van der Waals surface area contributed by atoms with Gasteiger partial charge in [-0.1, -0.05) is 11.3 Å². The van der Waals surface area contributed by atoms with E-state index in [-0.39, 0.29) is 17.7 Å². The average Bonchev–Trinajstić information content (AvgIpc) is 3.20. The molecular weight excluding hydrogens is 360 g/mol. The van der Waals surface area contributed by atoms with Gasteiger partial charge in [-0.15, -0.1) is 5.10 Å². The molecule has 9 nitrogen and oxygen atoms in total. The summed E-state index contributed by atoms with van der Waals surface area (Å²) in [5, 5.41) is 23.6. The maximum Gasteiger partial charge on any atom is 0.270 e. The van der Waals surface area contributed by atoms with Crippen LogP contribution < -0.4 is 10.6 Å². The molecule has 0 aliphatic heterocycles. The average molecular weight is 386 g/mol. The van der Waals surface area contributed by atoms with Crippen LogP contribution in [0, 0.1) is 12.8 Å². The van der Waals surface area contributed by atoms with Gasteiger partial charge in [-0.3, -0.25) is 14.3 Å². The number of aryl methyl sites for hydroxylation is 2. The number of aromatic nitrogens is 4. The zero-order valence-corrected chi connectivity index (χ0v) is 15.9. The molecule has 3 N–H and O–H groups in total. The van der Waals surface area contributed by atoms with Crippen LogP contribution in [0.25, 0.3) is 0 Å². The third-order valence-corrected chi connectivity index (χ3v) is 4.96. The first-order valence-electron chi connectivity index (χ1n) is 9.57. The fraction of sp³-hybridized carbons (Fsp3) is 0.526. The number of aliphatic hydroxyl groups excluding tert-OH is 1. The first kappa shape index (κ1) is 19.9. The molecule has 0 unspecified atom stereocenters. The Morgan fingerprint density at radius 3 is 2.93 bits per heavy atom. The van der Waals surface area contributed by atoms with Crippen molar-refractivity contribution in [1.82, 2.24) is 30.6 Å². The molecule has 0 saturated heterocycles. The minimum absolute atomic E-state index is 0.0431. The summed E-state index contributed by atoms with van der Waals surface area (Å²) in [7, 11) is 0. The molecule has 2 amide bonds. The minimum atomic E-state index is -0.662. The van der Waals surface area contributed by atoms with Crippen LogP contribution in [0.1, 0.15) is 41.9 Å². The Morgan fingerprint density at radius 1 is 1.32 bits per heavy atom. The monoisotopic (exact) mass is 386 g/mol. The van der Waals surface area contributed by atoms with E-state index in [1.807, 2.05) is 13.0 Å². The highest BCUT2D eigenvalue weighted by Gasteiger charge is 2.34. The summed E-state index contributed by atoms with van der Waals surface area (Å²) in [6.45, 7) is 3.04. The third-order valence-electron chi connectivity index (χ3n) is 4.96. The number of rotatable bonds is 7. The van der Waals surface area contributed by atoms with E-state index < -0.39 is 12.1 Å². The normalized spacial score (nSPS) is 21.9. The van der Waals surface area contributed by atoms with Crippen LogP contribution in [0.4, 0.5) is 0 Å². The predicted octanol–water partition coefficient (Wildman–Crippen LogP) is 0.447. The lowest BCUT2D eigenvalue weighted by atomic mass is 9.83. The molecule has 1 saturated carbocycles. The lowest BCUT2D eigenvalue weighted by Crippen LogP contribution is -2.49. The Balaban J connectivity index is 1.47. The van der Waals surface area contributed by atoms with Gasteiger partial charge in [-0.25, -0.2) is 4.98 Å². The van der Waals surface area contributed by atoms with E-state index in [1.54, 1.807) is 29.2 Å². The van der Waals surface area contributed by atoms with Gasteiger partial charge >= 0.3 is 0 Å². The summed E-state index contributed by atoms with van der Waals surface area (Å²) in [5.74, 6) is -0.606. The van der Waals surface area contributed by atoms with Crippen LogP contribution in [0.5, 0.6) is 0 Å². The van der Waals surface area contributed by atoms with Crippen molar-refractivity contribution in [3.63, 3.8) is 0 Å². The van der Waals surface area contributed by atoms with Gasteiger partial charge in [-0.05, 0) is 44.7 Å². The molecule has 1 aliphatic carbocycles. The lowest BCUT2D eigenvalue weighted by molar-refractivity contribution is -0.127. The highest BCUT2D eigenvalue weighted by atomic mass is 16.3. The van der Waals surface area contributed by atoms with Crippen LogP contribution in [-0.2, 0) is 11.3 Å². The highest BCUT2D eigenvalue weighted by molar-refractivity contribution is 5.92. The van der Waals surface area contributed by atoms with E-state index >= 15 is 0 Å². The van der Waals surface area contributed by atoms with Crippen molar-refractivity contribution in [1.29, 1.82) is 0 Å². The number of aliphatic hydroxyl groups is 1. The maximum absolute atomic E-state index is 12.5. The highest BCUT2D eigenvalue weighted by Crippen LogP contribution is 2.25. The Morgan fingerprint density at radius 2 is 2.18 bits per heavy atom. The van der Waals surface area contributed by atoms with Gasteiger partial charge in [0.05, 0.1) is 18.3 Å². The van der Waals surface area contributed by atoms with E-state index in [0.29, 0.717) is 38.0 Å². The molecule has 28 heavy (non-hydrogen) atoms. The van der Waals surface area contributed by atoms with Crippen LogP contribution in [-0.4, -0.2) is 55.6 Å². The number of amides is 2. The topological polar surface area (TPSA) is 122 Å². The number of hydrogen-bond donors (Lipinski definition) is 3. The molecule has 0 aromatic carbocycles. The van der Waals surface area contributed by atoms with E-state index in [9.17, 15) is 14.7 Å². The third kappa shape index (κ3) is 5.35. The number of hydrogen-bond acceptors (Lipinski definition) is 6. The van der Waals surface area contributed by atoms with Gasteiger partial charge in [0.15, 0.2) is 0 Å². The number of nitrogens with one attached hydrogen (secondary N) is 2. The second-order valence-electron chi connectivity index (χ2n) is 7.13. The summed E-state index contributed by atoms with van der Waals surface area (Å²) in [4.78, 5) is 29.1. The molecular formula is C19H26N6O3. The first-order valence-corrected chi connectivity index (χ1v) is 9.57. The molecule has 0 radical (unpaired) electrons. The van der Waals surface area contributed by atoms with Gasteiger partial charge in [-0.2, -0.15) is 0 Å². The van der Waals surface area contributed by atoms with Gasteiger partial charge < -0.3 is 15.7 Å². The minimum Gasteiger partial charge on any atom is -0.391 e. The molecule has 3 rings (SSSR count). The molecule has 2 aromatic rings. The molecule has 1 aliphatic rings. The van der Waals surface area contributed by atoms with Crippen molar-refractivity contribution in [2.24, 2.45) is 5.92 Å². The zero-order valence-electron chi connectivity index (χ0n) is 15.9. The molecule has 1 fully saturated rings. The van der Waals surface area contributed by atoms with Crippen molar-refractivity contribution in [3.05, 3.63) is 42.0 Å². The van der Waals surface area contributed by atoms with E-state index in [4.69, 9.17) is 0 Å². The maximum atomic E-state index is 12.5. The number of nitrogens with zero attached hydrogens (tertiary/aromatic N) is 4. The molecule has 150 valence electrons. The summed E-state index contributed by atoms with van der Waals surface area (Å²) in [6, 6.07) is 4.76. The fourth-order valence-corrected chi connectivity index (χ4v) is 3.41. The van der Waals surface area contributed by atoms with E-state index in [2.05, 4.69) is 25.9 Å². The number of carbonyl (C=O) groups excluding carboxylic acids is 2. The Bertz CT molecular complexity index is 795. The zero-order chi connectivity index (χ0) is 19.9. The summed E-state index contributed by atoms with van der Waals surface area (Å²) >= 11 is 0. The molecule has 2 aromatic heterocycles. The standard InChI is InChI=1S/C19H26N6O3/c1-13-4-2-5-15(22-13)19(28)23-16-12-14(6-7-17(16)26)18(27)20-8-3-10-25-11-9-21-24-25/h2,4-5,9,11,14,16-17,26H,3,6-8,10,12H2,1H3,(H,20,27)(H,23,28)/t14-,16+,17+/m0/s1. The van der Waals surface area contributed by atoms with Gasteiger partial charge in [0.1, 0.15) is 5.69 Å². The Kier molecular flexibility index (Phi) is 6.70. The molecule has 3 atom stereocenters. The smallest absolute Gasteiger partial charge is 0.270 e. The fourth-order valence-electron chi connectivity index (χ4n) is 3.41. The van der Waals surface area contributed by atoms with Crippen molar-refractivity contribution in [3.8, 4) is 0 Å². The molecule has 2 heterocycles. The van der Waals surface area contributed by atoms with E-state index in [1.165, 1.54) is 0 Å². The van der Waals surface area contributed by atoms with Crippen molar-refractivity contribution < 1.29 is 14.7 Å². The lowest BCUT2D eigenvalue weighted by Gasteiger charge is -2.33. The number of pyridine rings is 1. The quantitative estimate of drug-likeness (QED) is 0.594. The van der Waals surface area contributed by atoms with Crippen LogP contribution >= 0.6 is 0 Å². The summed E-state index contributed by atoms with van der Waals surface area (Å²) < 4.78 is 1.72. The van der Waals surface area contributed by atoms with Gasteiger partial charge in [0.2, 0.25) is 5.91 Å². The van der Waals surface area contributed by atoms with Gasteiger partial charge in [0, 0.05) is 30.9 Å². The molecule has 0 spiro atoms. The molecule has 0 bridgehead atoms. The summed E-state index contributed by atoms with van der Waals surface area (Å²) in [6.07, 6.45) is 4.98. The Hall–Kier alpha value is -2.81. The van der Waals surface area contributed by atoms with Crippen molar-refractivity contribution >= 4 is 11.8 Å². The predicted molar refractivity (Wildman–Crippen MR) is 101 cm³/mol. The molecule has 9 heteroatoms. The summed E-state index contributed by atoms with van der Waals surface area (Å²) in [5.41, 5.74) is 1.06. The second-order valence-corrected chi connectivity index (χ2v) is 7.13. The number of carbonyl (C=O) groups is 2. The van der Waals surface area contributed by atoms with Gasteiger partial charge in [0.25, 0.3) is 5.91 Å². The van der Waals surface area contributed by atoms with Crippen LogP contribution in [0.3, 0.4) is 0 Å². The van der Waals surface area contributed by atoms with Crippen LogP contribution in [0.2, 0.25) is 0 Å².